The Kier molecular flexibility index (Phi) is 8.32. The lowest BCUT2D eigenvalue weighted by molar-refractivity contribution is -0.122. The first-order chi connectivity index (χ1) is 18.8. The number of primary amides is 1. The van der Waals surface area contributed by atoms with E-state index in [2.05, 4.69) is 14.7 Å². The van der Waals surface area contributed by atoms with Gasteiger partial charge < -0.3 is 36.0 Å². The van der Waals surface area contributed by atoms with Gasteiger partial charge in [0.25, 0.3) is 11.8 Å². The second kappa shape index (κ2) is 11.8. The number of carbonyl (C=O) groups excluding carboxylic acids is 3. The van der Waals surface area contributed by atoms with E-state index in [1.54, 1.807) is 24.4 Å². The summed E-state index contributed by atoms with van der Waals surface area (Å²) in [7, 11) is 4.44. The van der Waals surface area contributed by atoms with Crippen molar-refractivity contribution in [1.29, 1.82) is 0 Å². The van der Waals surface area contributed by atoms with Crippen LogP contribution in [0.1, 0.15) is 31.8 Å². The van der Waals surface area contributed by atoms with Crippen LogP contribution in [0.5, 0.6) is 11.5 Å². The van der Waals surface area contributed by atoms with Gasteiger partial charge in [0.05, 0.1) is 32.2 Å². The van der Waals surface area contributed by atoms with Crippen molar-refractivity contribution >= 4 is 51.5 Å². The lowest BCUT2D eigenvalue weighted by atomic mass is 10.0. The lowest BCUT2D eigenvalue weighted by Crippen LogP contribution is -2.45. The Labute approximate surface area is 228 Å². The third kappa shape index (κ3) is 5.35. The minimum absolute atomic E-state index is 0.0665. The summed E-state index contributed by atoms with van der Waals surface area (Å²) in [5.41, 5.74) is 12.6. The molecular weight excluding hydrogens is 524 g/mol. The fraction of sp³-hybridized carbons (Fsp3) is 0.231. The highest BCUT2D eigenvalue weighted by molar-refractivity contribution is 7.09. The van der Waals surface area contributed by atoms with Crippen LogP contribution in [0, 0.1) is 0 Å². The van der Waals surface area contributed by atoms with Crippen molar-refractivity contribution in [3.8, 4) is 11.5 Å². The summed E-state index contributed by atoms with van der Waals surface area (Å²) in [6, 6.07) is 11.0. The maximum Gasteiger partial charge on any atom is 0.273 e. The number of para-hydroxylation sites is 1. The Bertz CT molecular complexity index is 1520. The summed E-state index contributed by atoms with van der Waals surface area (Å²) in [5, 5.41) is 3.56. The number of nitrogens with two attached hydrogens (primary N) is 2. The zero-order valence-corrected chi connectivity index (χ0v) is 22.3. The van der Waals surface area contributed by atoms with Crippen molar-refractivity contribution < 1.29 is 28.6 Å². The Morgan fingerprint density at radius 1 is 1.13 bits per heavy atom. The number of nitrogens with zero attached hydrogens (tertiary/aromatic N) is 2. The first kappa shape index (κ1) is 27.4. The summed E-state index contributed by atoms with van der Waals surface area (Å²) in [4.78, 5) is 44.4. The van der Waals surface area contributed by atoms with Gasteiger partial charge in [0.1, 0.15) is 22.4 Å². The monoisotopic (exact) mass is 552 g/mol. The summed E-state index contributed by atoms with van der Waals surface area (Å²) >= 11 is 0.712. The van der Waals surface area contributed by atoms with Crippen LogP contribution in [0.2, 0.25) is 0 Å². The number of rotatable bonds is 11. The van der Waals surface area contributed by atoms with E-state index in [4.69, 9.17) is 25.7 Å². The number of benzene rings is 2. The second-order valence-electron chi connectivity index (χ2n) is 8.33. The van der Waals surface area contributed by atoms with Crippen LogP contribution in [0.4, 0.5) is 11.4 Å². The highest BCUT2D eigenvalue weighted by Crippen LogP contribution is 2.41. The van der Waals surface area contributed by atoms with Gasteiger partial charge in [-0.15, -0.1) is 0 Å². The van der Waals surface area contributed by atoms with Gasteiger partial charge in [-0.25, -0.2) is 0 Å². The molecular formula is C26H28N6O6S. The van der Waals surface area contributed by atoms with Gasteiger partial charge in [0.15, 0.2) is 5.69 Å². The molecule has 0 spiro atoms. The minimum Gasteiger partial charge on any atom is -0.497 e. The number of H-pyrrole nitrogens is 1. The van der Waals surface area contributed by atoms with Crippen molar-refractivity contribution in [3.05, 3.63) is 64.8 Å². The van der Waals surface area contributed by atoms with Gasteiger partial charge in [-0.2, -0.15) is 4.37 Å². The van der Waals surface area contributed by atoms with Crippen molar-refractivity contribution in [2.24, 2.45) is 5.73 Å². The maximum atomic E-state index is 14.3. The normalized spacial score (nSPS) is 11.7. The SMILES string of the molecule is COCCNC(=O)[C@@H](c1c[nH]c2ccccc12)N(C(=O)c1snc(C(N)=O)c1N)c1cc(OC)ccc1OC. The number of hydrogen-bond donors (Lipinski definition) is 4. The fourth-order valence-electron chi connectivity index (χ4n) is 4.18. The molecule has 2 aromatic heterocycles. The highest BCUT2D eigenvalue weighted by Gasteiger charge is 2.38. The van der Waals surface area contributed by atoms with E-state index >= 15 is 0 Å². The molecule has 1 atom stereocenters. The predicted octanol–water partition coefficient (Wildman–Crippen LogP) is 2.47. The number of methoxy groups -OCH3 is 3. The molecule has 0 radical (unpaired) electrons. The Hall–Kier alpha value is -4.62. The average Bonchev–Trinajstić information content (AvgIpc) is 3.54. The van der Waals surface area contributed by atoms with Crippen LogP contribution >= 0.6 is 11.5 Å². The fourth-order valence-corrected chi connectivity index (χ4v) is 4.92. The van der Waals surface area contributed by atoms with E-state index in [-0.39, 0.29) is 40.8 Å². The summed E-state index contributed by atoms with van der Waals surface area (Å²) in [6.07, 6.45) is 1.67. The van der Waals surface area contributed by atoms with E-state index in [1.165, 1.54) is 26.2 Å². The summed E-state index contributed by atoms with van der Waals surface area (Å²) in [5.74, 6) is -1.36. The van der Waals surface area contributed by atoms with Crippen LogP contribution in [-0.2, 0) is 9.53 Å². The number of hydrogen-bond acceptors (Lipinski definition) is 9. The Morgan fingerprint density at radius 3 is 2.56 bits per heavy atom. The molecule has 2 heterocycles. The molecule has 0 fully saturated rings. The molecule has 13 heteroatoms. The molecule has 0 aliphatic rings. The molecule has 0 saturated carbocycles. The van der Waals surface area contributed by atoms with E-state index in [1.807, 2.05) is 24.3 Å². The topological polar surface area (TPSA) is 175 Å². The van der Waals surface area contributed by atoms with Crippen LogP contribution in [0.3, 0.4) is 0 Å². The summed E-state index contributed by atoms with van der Waals surface area (Å²) < 4.78 is 20.1. The lowest BCUT2D eigenvalue weighted by Gasteiger charge is -2.32. The van der Waals surface area contributed by atoms with Crippen molar-refractivity contribution in [2.75, 3.05) is 45.1 Å². The van der Waals surface area contributed by atoms with Gasteiger partial charge in [-0.05, 0) is 29.7 Å². The first-order valence-electron chi connectivity index (χ1n) is 11.8. The molecule has 3 amide bonds. The number of nitrogens with one attached hydrogen (secondary N) is 2. The zero-order valence-electron chi connectivity index (χ0n) is 21.5. The number of ether oxygens (including phenoxy) is 3. The zero-order chi connectivity index (χ0) is 28.1. The van der Waals surface area contributed by atoms with Gasteiger partial charge in [-0.1, -0.05) is 18.2 Å². The molecule has 2 aromatic carbocycles. The van der Waals surface area contributed by atoms with Crippen LogP contribution in [-0.4, -0.2) is 61.6 Å². The molecule has 0 unspecified atom stereocenters. The number of aromatic amines is 1. The molecule has 0 aliphatic heterocycles. The van der Waals surface area contributed by atoms with Gasteiger partial charge in [0, 0.05) is 42.4 Å². The predicted molar refractivity (Wildman–Crippen MR) is 147 cm³/mol. The van der Waals surface area contributed by atoms with Crippen LogP contribution < -0.4 is 31.2 Å². The van der Waals surface area contributed by atoms with E-state index in [0.717, 1.165) is 10.9 Å². The van der Waals surface area contributed by atoms with Crippen molar-refractivity contribution in [3.63, 3.8) is 0 Å². The molecule has 12 nitrogen and oxygen atoms in total. The molecule has 39 heavy (non-hydrogen) atoms. The molecule has 0 saturated heterocycles. The smallest absolute Gasteiger partial charge is 0.273 e. The number of carbonyl (C=O) groups is 3. The van der Waals surface area contributed by atoms with Gasteiger partial charge in [-0.3, -0.25) is 19.3 Å². The van der Waals surface area contributed by atoms with Crippen molar-refractivity contribution in [2.45, 2.75) is 6.04 Å². The number of amides is 3. The molecule has 4 rings (SSSR count). The third-order valence-corrected chi connectivity index (χ3v) is 6.90. The maximum absolute atomic E-state index is 14.3. The third-order valence-electron chi connectivity index (χ3n) is 6.05. The first-order valence-corrected chi connectivity index (χ1v) is 12.5. The number of fused-ring (bicyclic) bond motifs is 1. The van der Waals surface area contributed by atoms with E-state index in [9.17, 15) is 14.4 Å². The van der Waals surface area contributed by atoms with Gasteiger partial charge in [0.2, 0.25) is 5.91 Å². The minimum atomic E-state index is -1.22. The van der Waals surface area contributed by atoms with E-state index in [0.29, 0.717) is 22.8 Å². The molecule has 6 N–H and O–H groups in total. The van der Waals surface area contributed by atoms with Crippen LogP contribution in [0.15, 0.2) is 48.7 Å². The van der Waals surface area contributed by atoms with Crippen molar-refractivity contribution in [1.82, 2.24) is 14.7 Å². The number of aromatic nitrogens is 2. The second-order valence-corrected chi connectivity index (χ2v) is 9.10. The average molecular weight is 553 g/mol. The molecule has 4 aromatic rings. The largest absolute Gasteiger partial charge is 0.497 e. The highest BCUT2D eigenvalue weighted by atomic mass is 32.1. The molecule has 204 valence electrons. The summed E-state index contributed by atoms with van der Waals surface area (Å²) in [6.45, 7) is 0.451. The van der Waals surface area contributed by atoms with Gasteiger partial charge >= 0.3 is 0 Å². The number of nitrogen functional groups attached to an aromatic ring is 1. The standard InChI is InChI=1S/C26H28N6O6S/c1-36-11-10-29-25(34)22(16-13-30-17-7-5-4-6-15(16)17)32(18-12-14(37-2)8-9-19(18)38-3)26(35)23-20(27)21(24(28)33)31-39-23/h4-9,12-13,22,30H,10-11,27H2,1-3H3,(H2,28,33)(H,29,34)/t22-/m1/s1. The number of anilines is 2. The Morgan fingerprint density at radius 2 is 1.90 bits per heavy atom. The Balaban J connectivity index is 1.99. The quantitative estimate of drug-likeness (QED) is 0.205. The van der Waals surface area contributed by atoms with E-state index < -0.39 is 23.8 Å². The van der Waals surface area contributed by atoms with Crippen LogP contribution in [0.25, 0.3) is 10.9 Å². The molecule has 0 aliphatic carbocycles. The molecule has 0 bridgehead atoms.